The summed E-state index contributed by atoms with van der Waals surface area (Å²) in [5.41, 5.74) is 0. The number of carbonyl (C=O) groups excluding carboxylic acids is 2. The summed E-state index contributed by atoms with van der Waals surface area (Å²) in [6.45, 7) is 5.70. The van der Waals surface area contributed by atoms with Crippen LogP contribution in [0.25, 0.3) is 0 Å². The van der Waals surface area contributed by atoms with Crippen molar-refractivity contribution in [3.8, 4) is 5.75 Å². The fourth-order valence-corrected chi connectivity index (χ4v) is 2.30. The second-order valence-corrected chi connectivity index (χ2v) is 5.55. The normalized spacial score (nSPS) is 10.2. The summed E-state index contributed by atoms with van der Waals surface area (Å²) >= 11 is 0. The monoisotopic (exact) mass is 335 g/mol. The molecule has 5 nitrogen and oxygen atoms in total. The maximum atomic E-state index is 12.4. The van der Waals surface area contributed by atoms with Gasteiger partial charge in [-0.25, -0.2) is 0 Å². The van der Waals surface area contributed by atoms with Crippen LogP contribution < -0.4 is 4.74 Å². The van der Waals surface area contributed by atoms with Gasteiger partial charge in [-0.2, -0.15) is 0 Å². The van der Waals surface area contributed by atoms with Crippen molar-refractivity contribution in [2.24, 2.45) is 0 Å². The van der Waals surface area contributed by atoms with Crippen LogP contribution in [0.4, 0.5) is 0 Å². The third kappa shape index (κ3) is 8.56. The van der Waals surface area contributed by atoms with Gasteiger partial charge in [-0.1, -0.05) is 38.0 Å². The smallest absolute Gasteiger partial charge is 0.307 e. The van der Waals surface area contributed by atoms with Gasteiger partial charge in [0.1, 0.15) is 5.75 Å². The Balaban J connectivity index is 2.41. The number of unbranched alkanes of at least 4 members (excludes halogenated alkanes) is 2. The second-order valence-electron chi connectivity index (χ2n) is 5.55. The Morgan fingerprint density at radius 3 is 2.42 bits per heavy atom. The molecule has 1 rings (SSSR count). The van der Waals surface area contributed by atoms with E-state index >= 15 is 0 Å². The van der Waals surface area contributed by atoms with Gasteiger partial charge in [0, 0.05) is 13.1 Å². The van der Waals surface area contributed by atoms with Crippen LogP contribution >= 0.6 is 0 Å². The van der Waals surface area contributed by atoms with Crippen LogP contribution in [-0.4, -0.2) is 43.1 Å². The van der Waals surface area contributed by atoms with Gasteiger partial charge in [-0.15, -0.1) is 0 Å². The average molecular weight is 335 g/mol. The zero-order valence-corrected chi connectivity index (χ0v) is 14.8. The number of hydrogen-bond donors (Lipinski definition) is 0. The van der Waals surface area contributed by atoms with Crippen molar-refractivity contribution in [1.82, 2.24) is 4.90 Å². The Kier molecular flexibility index (Phi) is 10.3. The highest BCUT2D eigenvalue weighted by molar-refractivity contribution is 5.77. The van der Waals surface area contributed by atoms with E-state index in [-0.39, 0.29) is 18.3 Å². The zero-order chi connectivity index (χ0) is 17.6. The molecule has 0 fully saturated rings. The molecular weight excluding hydrogens is 306 g/mol. The Morgan fingerprint density at radius 1 is 1.00 bits per heavy atom. The van der Waals surface area contributed by atoms with Crippen molar-refractivity contribution in [2.45, 2.75) is 46.0 Å². The van der Waals surface area contributed by atoms with E-state index in [1.807, 2.05) is 30.3 Å². The number of hydrogen-bond acceptors (Lipinski definition) is 4. The number of ether oxygens (including phenoxy) is 2. The first-order chi connectivity index (χ1) is 11.7. The van der Waals surface area contributed by atoms with E-state index in [4.69, 9.17) is 9.47 Å². The average Bonchev–Trinajstić information content (AvgIpc) is 2.59. The summed E-state index contributed by atoms with van der Waals surface area (Å²) in [4.78, 5) is 25.7. The summed E-state index contributed by atoms with van der Waals surface area (Å²) in [5.74, 6) is 0.520. The van der Waals surface area contributed by atoms with Gasteiger partial charge in [0.25, 0.3) is 0 Å². The molecular formula is C19H29NO4. The molecule has 0 heterocycles. The van der Waals surface area contributed by atoms with Crippen molar-refractivity contribution in [2.75, 3.05) is 26.3 Å². The standard InChI is InChI=1S/C19H29NO4/c1-3-5-9-14-20(15-12-19(22)23-4-2)18(21)13-16-24-17-10-7-6-8-11-17/h6-8,10-11H,3-5,9,12-16H2,1-2H3. The van der Waals surface area contributed by atoms with Gasteiger partial charge in [0.15, 0.2) is 0 Å². The second kappa shape index (κ2) is 12.4. The summed E-state index contributed by atoms with van der Waals surface area (Å²) in [7, 11) is 0. The van der Waals surface area contributed by atoms with E-state index in [1.165, 1.54) is 0 Å². The van der Waals surface area contributed by atoms with Gasteiger partial charge < -0.3 is 14.4 Å². The predicted molar refractivity (Wildman–Crippen MR) is 93.9 cm³/mol. The lowest BCUT2D eigenvalue weighted by Crippen LogP contribution is -2.35. The van der Waals surface area contributed by atoms with Gasteiger partial charge >= 0.3 is 5.97 Å². The molecule has 0 saturated heterocycles. The molecule has 0 N–H and O–H groups in total. The summed E-state index contributed by atoms with van der Waals surface area (Å²) in [6, 6.07) is 9.44. The van der Waals surface area contributed by atoms with Gasteiger partial charge in [0.2, 0.25) is 5.91 Å². The lowest BCUT2D eigenvalue weighted by atomic mass is 10.2. The number of rotatable bonds is 12. The Bertz CT molecular complexity index is 476. The summed E-state index contributed by atoms with van der Waals surface area (Å²) in [6.07, 6.45) is 3.67. The molecule has 0 bridgehead atoms. The number of amides is 1. The van der Waals surface area contributed by atoms with E-state index in [2.05, 4.69) is 6.92 Å². The molecule has 0 radical (unpaired) electrons. The van der Waals surface area contributed by atoms with Crippen LogP contribution in [0.3, 0.4) is 0 Å². The minimum Gasteiger partial charge on any atom is -0.493 e. The number of carbonyl (C=O) groups is 2. The third-order valence-electron chi connectivity index (χ3n) is 3.60. The molecule has 0 aliphatic heterocycles. The number of nitrogens with zero attached hydrogens (tertiary/aromatic N) is 1. The van der Waals surface area contributed by atoms with Crippen molar-refractivity contribution in [3.05, 3.63) is 30.3 Å². The largest absolute Gasteiger partial charge is 0.493 e. The molecule has 0 aliphatic rings. The van der Waals surface area contributed by atoms with Gasteiger partial charge in [-0.05, 0) is 25.5 Å². The Hall–Kier alpha value is -2.04. The van der Waals surface area contributed by atoms with Crippen molar-refractivity contribution in [3.63, 3.8) is 0 Å². The van der Waals surface area contributed by atoms with E-state index in [9.17, 15) is 9.59 Å². The number of benzene rings is 1. The lowest BCUT2D eigenvalue weighted by molar-refractivity contribution is -0.144. The first-order valence-electron chi connectivity index (χ1n) is 8.78. The molecule has 1 amide bonds. The highest BCUT2D eigenvalue weighted by Gasteiger charge is 2.15. The zero-order valence-electron chi connectivity index (χ0n) is 14.8. The minimum absolute atomic E-state index is 0.0198. The van der Waals surface area contributed by atoms with E-state index in [0.717, 1.165) is 25.0 Å². The van der Waals surface area contributed by atoms with E-state index < -0.39 is 0 Å². The van der Waals surface area contributed by atoms with Crippen LogP contribution in [-0.2, 0) is 14.3 Å². The van der Waals surface area contributed by atoms with Crippen molar-refractivity contribution < 1.29 is 19.1 Å². The quantitative estimate of drug-likeness (QED) is 0.434. The molecule has 0 aliphatic carbocycles. The highest BCUT2D eigenvalue weighted by atomic mass is 16.5. The predicted octanol–water partition coefficient (Wildman–Crippen LogP) is 3.43. The highest BCUT2D eigenvalue weighted by Crippen LogP contribution is 2.09. The molecule has 1 aromatic rings. The summed E-state index contributed by atoms with van der Waals surface area (Å²) < 4.78 is 10.5. The lowest BCUT2D eigenvalue weighted by Gasteiger charge is -2.22. The molecule has 0 atom stereocenters. The van der Waals surface area contributed by atoms with Crippen molar-refractivity contribution >= 4 is 11.9 Å². The fourth-order valence-electron chi connectivity index (χ4n) is 2.30. The number of para-hydroxylation sites is 1. The molecule has 134 valence electrons. The van der Waals surface area contributed by atoms with Crippen LogP contribution in [0.2, 0.25) is 0 Å². The maximum Gasteiger partial charge on any atom is 0.307 e. The van der Waals surface area contributed by atoms with Gasteiger partial charge in [-0.3, -0.25) is 9.59 Å². The Labute approximate surface area is 144 Å². The van der Waals surface area contributed by atoms with Crippen LogP contribution in [0.5, 0.6) is 5.75 Å². The first kappa shape index (κ1) is 20.0. The summed E-state index contributed by atoms with van der Waals surface area (Å²) in [5, 5.41) is 0. The molecule has 0 aromatic heterocycles. The molecule has 0 unspecified atom stereocenters. The van der Waals surface area contributed by atoms with E-state index in [1.54, 1.807) is 11.8 Å². The van der Waals surface area contributed by atoms with Crippen LogP contribution in [0.1, 0.15) is 46.0 Å². The molecule has 5 heteroatoms. The fraction of sp³-hybridized carbons (Fsp3) is 0.579. The number of esters is 1. The third-order valence-corrected chi connectivity index (χ3v) is 3.60. The van der Waals surface area contributed by atoms with E-state index in [0.29, 0.717) is 32.7 Å². The van der Waals surface area contributed by atoms with Gasteiger partial charge in [0.05, 0.1) is 26.1 Å². The first-order valence-corrected chi connectivity index (χ1v) is 8.78. The van der Waals surface area contributed by atoms with Crippen LogP contribution in [0, 0.1) is 0 Å². The molecule has 0 saturated carbocycles. The SMILES string of the molecule is CCCCCN(CCC(=O)OCC)C(=O)CCOc1ccccc1. The van der Waals surface area contributed by atoms with Crippen molar-refractivity contribution in [1.29, 1.82) is 0 Å². The molecule has 1 aromatic carbocycles. The minimum atomic E-state index is -0.258. The van der Waals surface area contributed by atoms with Crippen LogP contribution in [0.15, 0.2) is 30.3 Å². The maximum absolute atomic E-state index is 12.4. The topological polar surface area (TPSA) is 55.8 Å². The molecule has 24 heavy (non-hydrogen) atoms. The molecule has 0 spiro atoms. The Morgan fingerprint density at radius 2 is 1.75 bits per heavy atom.